The molecule has 1 saturated heterocycles. The molecule has 0 spiro atoms. The summed E-state index contributed by atoms with van der Waals surface area (Å²) >= 11 is 1.53. The minimum Gasteiger partial charge on any atom is -0.473 e. The van der Waals surface area contributed by atoms with Gasteiger partial charge in [-0.25, -0.2) is 4.98 Å². The van der Waals surface area contributed by atoms with Gasteiger partial charge in [-0.05, 0) is 55.8 Å². The third kappa shape index (κ3) is 8.33. The molecule has 0 unspecified atom stereocenters. The number of rotatable bonds is 11. The largest absolute Gasteiger partial charge is 0.473 e. The van der Waals surface area contributed by atoms with Crippen LogP contribution in [0.25, 0.3) is 0 Å². The van der Waals surface area contributed by atoms with Crippen LogP contribution in [0.4, 0.5) is 0 Å². The number of furan rings is 1. The van der Waals surface area contributed by atoms with E-state index in [2.05, 4.69) is 21.3 Å². The maximum absolute atomic E-state index is 11.8. The number of hydrogen-bond donors (Lipinski definition) is 1. The van der Waals surface area contributed by atoms with Gasteiger partial charge in [0.25, 0.3) is 0 Å². The Balaban J connectivity index is 1.27. The number of nitrogens with zero attached hydrogens (tertiary/aromatic N) is 2. The van der Waals surface area contributed by atoms with Crippen LogP contribution in [-0.2, 0) is 17.1 Å². The highest BCUT2D eigenvalue weighted by molar-refractivity contribution is 7.99. The average Bonchev–Trinajstić information content (AvgIpc) is 3.25. The van der Waals surface area contributed by atoms with Crippen molar-refractivity contribution in [3.63, 3.8) is 0 Å². The van der Waals surface area contributed by atoms with Gasteiger partial charge in [0.05, 0.1) is 17.8 Å². The van der Waals surface area contributed by atoms with Gasteiger partial charge in [0.2, 0.25) is 11.8 Å². The fourth-order valence-electron chi connectivity index (χ4n) is 3.15. The van der Waals surface area contributed by atoms with Crippen LogP contribution in [0.3, 0.4) is 0 Å². The third-order valence-electron chi connectivity index (χ3n) is 4.62. The summed E-state index contributed by atoms with van der Waals surface area (Å²) in [4.78, 5) is 18.5. The topological polar surface area (TPSA) is 67.6 Å². The second-order valence-corrected chi connectivity index (χ2v) is 7.98. The number of ether oxygens (including phenoxy) is 1. The van der Waals surface area contributed by atoms with E-state index in [9.17, 15) is 4.79 Å². The van der Waals surface area contributed by atoms with E-state index in [4.69, 9.17) is 9.15 Å². The molecule has 1 aliphatic heterocycles. The third-order valence-corrected chi connectivity index (χ3v) is 5.58. The van der Waals surface area contributed by atoms with Gasteiger partial charge < -0.3 is 14.5 Å². The normalized spacial score (nSPS) is 14.9. The molecule has 1 fully saturated rings. The molecular weight excluding hydrogens is 386 g/mol. The standard InChI is InChI=1S/C22H29N3O3S/c26-21(18-29-17-20-7-6-14-27-20)23-9-2-5-13-28-22-15-19(8-10-24-22)16-25-11-3-1-4-12-25/h2,5-8,10,14-15H,1,3-4,9,11-13,16-18H2,(H,23,26)/b5-2+. The van der Waals surface area contributed by atoms with E-state index in [1.165, 1.54) is 49.7 Å². The molecular formula is C22H29N3O3S. The van der Waals surface area contributed by atoms with Gasteiger partial charge in [0.1, 0.15) is 12.4 Å². The van der Waals surface area contributed by atoms with Crippen molar-refractivity contribution in [3.8, 4) is 5.88 Å². The lowest BCUT2D eigenvalue weighted by atomic mass is 10.1. The number of amides is 1. The Morgan fingerprint density at radius 2 is 2.17 bits per heavy atom. The highest BCUT2D eigenvalue weighted by Crippen LogP contribution is 2.15. The average molecular weight is 416 g/mol. The number of hydrogen-bond acceptors (Lipinski definition) is 6. The molecule has 3 rings (SSSR count). The van der Waals surface area contributed by atoms with Gasteiger partial charge in [-0.3, -0.25) is 9.69 Å². The van der Waals surface area contributed by atoms with Gasteiger partial charge in [0.15, 0.2) is 0 Å². The summed E-state index contributed by atoms with van der Waals surface area (Å²) in [6, 6.07) is 7.83. The fraction of sp³-hybridized carbons (Fsp3) is 0.455. The number of aromatic nitrogens is 1. The smallest absolute Gasteiger partial charge is 0.230 e. The summed E-state index contributed by atoms with van der Waals surface area (Å²) in [7, 11) is 0. The first kappa shape index (κ1) is 21.5. The SMILES string of the molecule is O=C(CSCc1ccco1)NC/C=C/COc1cc(CN2CCCCC2)ccn1. The van der Waals surface area contributed by atoms with Crippen molar-refractivity contribution in [3.05, 3.63) is 60.2 Å². The Morgan fingerprint density at radius 1 is 1.28 bits per heavy atom. The van der Waals surface area contributed by atoms with Crippen molar-refractivity contribution in [1.29, 1.82) is 0 Å². The molecule has 1 N–H and O–H groups in total. The first-order chi connectivity index (χ1) is 14.3. The molecule has 0 radical (unpaired) electrons. The van der Waals surface area contributed by atoms with E-state index in [-0.39, 0.29) is 5.91 Å². The summed E-state index contributed by atoms with van der Waals surface area (Å²) in [5.41, 5.74) is 1.24. The van der Waals surface area contributed by atoms with Crippen LogP contribution in [-0.4, -0.2) is 47.8 Å². The number of piperidine rings is 1. The Hall–Kier alpha value is -2.25. The number of pyridine rings is 1. The van der Waals surface area contributed by atoms with Crippen LogP contribution < -0.4 is 10.1 Å². The number of likely N-dealkylation sites (tertiary alicyclic amines) is 1. The second kappa shape index (κ2) is 12.3. The predicted octanol–water partition coefficient (Wildman–Crippen LogP) is 3.65. The van der Waals surface area contributed by atoms with E-state index < -0.39 is 0 Å². The fourth-order valence-corrected chi connectivity index (χ4v) is 3.91. The van der Waals surface area contributed by atoms with E-state index in [1.54, 1.807) is 12.5 Å². The minimum atomic E-state index is 0.0132. The van der Waals surface area contributed by atoms with Crippen LogP contribution in [0.5, 0.6) is 5.88 Å². The quantitative estimate of drug-likeness (QED) is 0.565. The highest BCUT2D eigenvalue weighted by atomic mass is 32.2. The monoisotopic (exact) mass is 415 g/mol. The molecule has 2 aromatic rings. The zero-order valence-corrected chi connectivity index (χ0v) is 17.5. The lowest BCUT2D eigenvalue weighted by Crippen LogP contribution is -2.29. The molecule has 6 nitrogen and oxygen atoms in total. The summed E-state index contributed by atoms with van der Waals surface area (Å²) in [5.74, 6) is 2.65. The van der Waals surface area contributed by atoms with Crippen LogP contribution in [0, 0.1) is 0 Å². The lowest BCUT2D eigenvalue weighted by molar-refractivity contribution is -0.118. The van der Waals surface area contributed by atoms with E-state index in [1.807, 2.05) is 30.4 Å². The molecule has 1 aliphatic rings. The maximum Gasteiger partial charge on any atom is 0.230 e. The zero-order chi connectivity index (χ0) is 20.2. The van der Waals surface area contributed by atoms with Crippen molar-refractivity contribution in [1.82, 2.24) is 15.2 Å². The summed E-state index contributed by atoms with van der Waals surface area (Å²) < 4.78 is 10.9. The Labute approximate surface area is 176 Å². The summed E-state index contributed by atoms with van der Waals surface area (Å²) in [5, 5.41) is 2.86. The first-order valence-electron chi connectivity index (χ1n) is 10.1. The number of carbonyl (C=O) groups is 1. The van der Waals surface area contributed by atoms with Crippen LogP contribution in [0.2, 0.25) is 0 Å². The van der Waals surface area contributed by atoms with Gasteiger partial charge in [-0.2, -0.15) is 0 Å². The van der Waals surface area contributed by atoms with Gasteiger partial charge in [-0.15, -0.1) is 11.8 Å². The van der Waals surface area contributed by atoms with Gasteiger partial charge in [0, 0.05) is 25.4 Å². The van der Waals surface area contributed by atoms with Crippen LogP contribution >= 0.6 is 11.8 Å². The molecule has 7 heteroatoms. The number of thioether (sulfide) groups is 1. The highest BCUT2D eigenvalue weighted by Gasteiger charge is 2.10. The Morgan fingerprint density at radius 3 is 3.00 bits per heavy atom. The van der Waals surface area contributed by atoms with Crippen molar-refractivity contribution in [2.75, 3.05) is 32.0 Å². The zero-order valence-electron chi connectivity index (χ0n) is 16.7. The van der Waals surface area contributed by atoms with Crippen molar-refractivity contribution in [2.24, 2.45) is 0 Å². The maximum atomic E-state index is 11.8. The molecule has 0 bridgehead atoms. The Kier molecular flexibility index (Phi) is 9.13. The molecule has 29 heavy (non-hydrogen) atoms. The Bertz CT molecular complexity index is 758. The van der Waals surface area contributed by atoms with Crippen molar-refractivity contribution < 1.29 is 13.9 Å². The number of nitrogens with one attached hydrogen (secondary N) is 1. The van der Waals surface area contributed by atoms with Crippen LogP contribution in [0.1, 0.15) is 30.6 Å². The van der Waals surface area contributed by atoms with Crippen molar-refractivity contribution in [2.45, 2.75) is 31.6 Å². The van der Waals surface area contributed by atoms with E-state index >= 15 is 0 Å². The molecule has 2 aromatic heterocycles. The second-order valence-electron chi connectivity index (χ2n) is 7.00. The molecule has 0 aromatic carbocycles. The van der Waals surface area contributed by atoms with E-state index in [0.29, 0.717) is 30.5 Å². The molecule has 156 valence electrons. The van der Waals surface area contributed by atoms with Gasteiger partial charge >= 0.3 is 0 Å². The molecule has 0 aliphatic carbocycles. The molecule has 0 saturated carbocycles. The van der Waals surface area contributed by atoms with Crippen LogP contribution in [0.15, 0.2) is 53.3 Å². The first-order valence-corrected chi connectivity index (χ1v) is 11.3. The molecule has 0 atom stereocenters. The summed E-state index contributed by atoms with van der Waals surface area (Å²) in [6.45, 7) is 4.23. The summed E-state index contributed by atoms with van der Waals surface area (Å²) in [6.07, 6.45) is 11.2. The minimum absolute atomic E-state index is 0.0132. The molecule has 1 amide bonds. The van der Waals surface area contributed by atoms with E-state index in [0.717, 1.165) is 12.3 Å². The lowest BCUT2D eigenvalue weighted by Gasteiger charge is -2.26. The van der Waals surface area contributed by atoms with Crippen molar-refractivity contribution >= 4 is 17.7 Å². The molecule has 3 heterocycles. The number of carbonyl (C=O) groups excluding carboxylic acids is 1. The van der Waals surface area contributed by atoms with Gasteiger partial charge in [-0.1, -0.05) is 12.5 Å². The predicted molar refractivity (Wildman–Crippen MR) is 116 cm³/mol.